The lowest BCUT2D eigenvalue weighted by molar-refractivity contribution is -0.124. The predicted molar refractivity (Wildman–Crippen MR) is 99.5 cm³/mol. The molecule has 0 aliphatic rings. The van der Waals surface area contributed by atoms with Crippen molar-refractivity contribution < 1.29 is 9.53 Å². The van der Waals surface area contributed by atoms with E-state index in [1.54, 1.807) is 6.07 Å². The normalized spacial score (nSPS) is 11.3. The molecular weight excluding hydrogens is 347 g/mol. The topological polar surface area (TPSA) is 64.4 Å². The van der Waals surface area contributed by atoms with Crippen LogP contribution in [-0.4, -0.2) is 12.5 Å². The van der Waals surface area contributed by atoms with Crippen molar-refractivity contribution in [1.29, 1.82) is 0 Å². The fourth-order valence-electron chi connectivity index (χ4n) is 2.05. The van der Waals surface area contributed by atoms with Crippen molar-refractivity contribution in [2.75, 3.05) is 6.54 Å². The maximum Gasteiger partial charge on any atom is 0.224 e. The Morgan fingerprint density at radius 2 is 1.79 bits per heavy atom. The van der Waals surface area contributed by atoms with Crippen LogP contribution in [0.5, 0.6) is 5.75 Å². The van der Waals surface area contributed by atoms with E-state index in [1.165, 1.54) is 0 Å². The van der Waals surface area contributed by atoms with E-state index in [9.17, 15) is 4.79 Å². The van der Waals surface area contributed by atoms with Crippen LogP contribution in [0.25, 0.3) is 0 Å². The Morgan fingerprint density at radius 3 is 2.46 bits per heavy atom. The third-order valence-electron chi connectivity index (χ3n) is 3.59. The maximum absolute atomic E-state index is 11.8. The molecular formula is C18H22Cl2N2O2. The second kappa shape index (κ2) is 10.2. The molecule has 3 N–H and O–H groups in total. The molecule has 0 aliphatic carbocycles. The van der Waals surface area contributed by atoms with E-state index in [2.05, 4.69) is 5.32 Å². The number of amides is 1. The van der Waals surface area contributed by atoms with Gasteiger partial charge in [-0.3, -0.25) is 4.79 Å². The Morgan fingerprint density at radius 1 is 1.17 bits per heavy atom. The van der Waals surface area contributed by atoms with Crippen molar-refractivity contribution in [3.8, 4) is 5.75 Å². The quantitative estimate of drug-likeness (QED) is 0.785. The minimum atomic E-state index is -0.193. The van der Waals surface area contributed by atoms with Crippen LogP contribution in [0.3, 0.4) is 0 Å². The Labute approximate surface area is 153 Å². The first-order valence-electron chi connectivity index (χ1n) is 7.53. The van der Waals surface area contributed by atoms with Gasteiger partial charge in [0.2, 0.25) is 5.91 Å². The molecule has 2 rings (SSSR count). The van der Waals surface area contributed by atoms with Crippen molar-refractivity contribution >= 4 is 29.9 Å². The highest BCUT2D eigenvalue weighted by Crippen LogP contribution is 2.24. The minimum absolute atomic E-state index is 0. The van der Waals surface area contributed by atoms with Gasteiger partial charge in [-0.15, -0.1) is 12.4 Å². The number of halogens is 2. The van der Waals surface area contributed by atoms with E-state index < -0.39 is 0 Å². The zero-order valence-corrected chi connectivity index (χ0v) is 15.1. The molecule has 1 amide bonds. The lowest BCUT2D eigenvalue weighted by Gasteiger charge is -2.14. The maximum atomic E-state index is 11.8. The van der Waals surface area contributed by atoms with Crippen molar-refractivity contribution in [2.24, 2.45) is 11.7 Å². The number of benzene rings is 2. The summed E-state index contributed by atoms with van der Waals surface area (Å²) in [5.41, 5.74) is 7.52. The van der Waals surface area contributed by atoms with E-state index >= 15 is 0 Å². The first-order valence-corrected chi connectivity index (χ1v) is 7.91. The molecule has 0 heterocycles. The van der Waals surface area contributed by atoms with Gasteiger partial charge in [-0.25, -0.2) is 0 Å². The average molecular weight is 369 g/mol. The summed E-state index contributed by atoms with van der Waals surface area (Å²) in [6.45, 7) is 2.98. The highest BCUT2D eigenvalue weighted by Gasteiger charge is 2.11. The summed E-state index contributed by atoms with van der Waals surface area (Å²) in [5, 5.41) is 3.48. The summed E-state index contributed by atoms with van der Waals surface area (Å²) < 4.78 is 5.77. The second-order valence-electron chi connectivity index (χ2n) is 5.34. The molecule has 0 radical (unpaired) electrons. The van der Waals surface area contributed by atoms with Gasteiger partial charge in [0.25, 0.3) is 0 Å². The third-order valence-corrected chi connectivity index (χ3v) is 3.90. The fraction of sp³-hybridized carbons (Fsp3) is 0.278. The molecule has 0 aliphatic heterocycles. The number of hydrogen-bond donors (Lipinski definition) is 2. The van der Waals surface area contributed by atoms with Crippen LogP contribution in [0.2, 0.25) is 5.02 Å². The number of nitrogens with two attached hydrogens (primary N) is 1. The molecule has 0 spiro atoms. The highest BCUT2D eigenvalue weighted by molar-refractivity contribution is 6.32. The molecule has 1 atom stereocenters. The van der Waals surface area contributed by atoms with Crippen molar-refractivity contribution in [3.05, 3.63) is 64.7 Å². The van der Waals surface area contributed by atoms with Gasteiger partial charge in [0, 0.05) is 19.0 Å². The molecule has 130 valence electrons. The van der Waals surface area contributed by atoms with Crippen LogP contribution in [0.4, 0.5) is 0 Å². The Hall–Kier alpha value is -1.75. The van der Waals surface area contributed by atoms with Crippen LogP contribution < -0.4 is 15.8 Å². The summed E-state index contributed by atoms with van der Waals surface area (Å²) in [7, 11) is 0. The van der Waals surface area contributed by atoms with Crippen LogP contribution in [0.15, 0.2) is 48.5 Å². The second-order valence-corrected chi connectivity index (χ2v) is 5.75. The molecule has 24 heavy (non-hydrogen) atoms. The summed E-state index contributed by atoms with van der Waals surface area (Å²) in [6.07, 6.45) is 0. The molecule has 0 bridgehead atoms. The van der Waals surface area contributed by atoms with E-state index in [0.717, 1.165) is 11.1 Å². The van der Waals surface area contributed by atoms with E-state index in [4.69, 9.17) is 22.1 Å². The summed E-state index contributed by atoms with van der Waals surface area (Å²) in [6, 6.07) is 15.2. The lowest BCUT2D eigenvalue weighted by Crippen LogP contribution is -2.33. The van der Waals surface area contributed by atoms with E-state index in [1.807, 2.05) is 49.4 Å². The summed E-state index contributed by atoms with van der Waals surface area (Å²) >= 11 is 6.09. The van der Waals surface area contributed by atoms with Gasteiger partial charge in [0.1, 0.15) is 12.4 Å². The Kier molecular flexibility index (Phi) is 8.61. The molecule has 0 saturated heterocycles. The standard InChI is InChI=1S/C18H21ClN2O2.ClH/c1-13(10-20)18(22)21-11-14-6-2-3-7-15(14)12-23-17-9-5-4-8-16(17)19;/h2-9,13H,10-12,20H2,1H3,(H,21,22);1H. The average Bonchev–Trinajstić information content (AvgIpc) is 2.59. The number of para-hydroxylation sites is 1. The molecule has 1 unspecified atom stereocenters. The number of carbonyl (C=O) groups excluding carboxylic acids is 1. The third kappa shape index (κ3) is 5.71. The van der Waals surface area contributed by atoms with Gasteiger partial charge >= 0.3 is 0 Å². The number of carbonyl (C=O) groups is 1. The SMILES string of the molecule is CC(CN)C(=O)NCc1ccccc1COc1ccccc1Cl.Cl. The van der Waals surface area contributed by atoms with Gasteiger partial charge in [-0.1, -0.05) is 54.9 Å². The molecule has 0 aromatic heterocycles. The Bertz CT molecular complexity index is 665. The summed E-state index contributed by atoms with van der Waals surface area (Å²) in [5.74, 6) is 0.403. The van der Waals surface area contributed by atoms with Crippen LogP contribution >= 0.6 is 24.0 Å². The summed E-state index contributed by atoms with van der Waals surface area (Å²) in [4.78, 5) is 11.8. The lowest BCUT2D eigenvalue weighted by atomic mass is 10.1. The Balaban J connectivity index is 0.00000288. The van der Waals surface area contributed by atoms with Gasteiger partial charge in [-0.05, 0) is 23.3 Å². The van der Waals surface area contributed by atoms with Crippen LogP contribution in [-0.2, 0) is 17.9 Å². The van der Waals surface area contributed by atoms with Gasteiger partial charge < -0.3 is 15.8 Å². The van der Waals surface area contributed by atoms with Crippen LogP contribution in [0.1, 0.15) is 18.1 Å². The van der Waals surface area contributed by atoms with Gasteiger partial charge in [-0.2, -0.15) is 0 Å². The molecule has 6 heteroatoms. The van der Waals surface area contributed by atoms with Crippen LogP contribution in [0, 0.1) is 5.92 Å². The minimum Gasteiger partial charge on any atom is -0.487 e. The number of hydrogen-bond acceptors (Lipinski definition) is 3. The molecule has 4 nitrogen and oxygen atoms in total. The first-order chi connectivity index (χ1) is 11.1. The molecule has 0 saturated carbocycles. The van der Waals surface area contributed by atoms with E-state index in [-0.39, 0.29) is 24.2 Å². The van der Waals surface area contributed by atoms with E-state index in [0.29, 0.717) is 30.5 Å². The number of ether oxygens (including phenoxy) is 1. The van der Waals surface area contributed by atoms with Crippen molar-refractivity contribution in [2.45, 2.75) is 20.1 Å². The zero-order valence-electron chi connectivity index (χ0n) is 13.5. The first kappa shape index (κ1) is 20.3. The van der Waals surface area contributed by atoms with Gasteiger partial charge in [0.05, 0.1) is 5.02 Å². The van der Waals surface area contributed by atoms with Gasteiger partial charge in [0.15, 0.2) is 0 Å². The highest BCUT2D eigenvalue weighted by atomic mass is 35.5. The van der Waals surface area contributed by atoms with Crippen molar-refractivity contribution in [1.82, 2.24) is 5.32 Å². The predicted octanol–water partition coefficient (Wildman–Crippen LogP) is 3.55. The number of nitrogens with one attached hydrogen (secondary N) is 1. The molecule has 2 aromatic rings. The number of rotatable bonds is 7. The molecule has 2 aromatic carbocycles. The monoisotopic (exact) mass is 368 g/mol. The molecule has 0 fully saturated rings. The smallest absolute Gasteiger partial charge is 0.224 e. The fourth-order valence-corrected chi connectivity index (χ4v) is 2.24. The zero-order chi connectivity index (χ0) is 16.7. The largest absolute Gasteiger partial charge is 0.487 e. The van der Waals surface area contributed by atoms with Crippen molar-refractivity contribution in [3.63, 3.8) is 0 Å².